The molecular weight excluding hydrogens is 374 g/mol. The van der Waals surface area contributed by atoms with Crippen LogP contribution < -0.4 is 5.73 Å². The lowest BCUT2D eigenvalue weighted by Crippen LogP contribution is -2.31. The van der Waals surface area contributed by atoms with E-state index in [2.05, 4.69) is 0 Å². The first kappa shape index (κ1) is 18.9. The summed E-state index contributed by atoms with van der Waals surface area (Å²) in [5.41, 5.74) is 6.03. The Hall–Kier alpha value is -1.89. The molecule has 0 bridgehead atoms. The Labute approximate surface area is 157 Å². The van der Waals surface area contributed by atoms with Crippen LogP contribution in [0.1, 0.15) is 24.0 Å². The van der Waals surface area contributed by atoms with Crippen LogP contribution in [0.4, 0.5) is 0 Å². The van der Waals surface area contributed by atoms with E-state index in [1.54, 1.807) is 12.1 Å². The Kier molecular flexibility index (Phi) is 4.86. The fraction of sp³-hybridized carbons (Fsp3) is 0.316. The molecule has 2 aromatic carbocycles. The molecule has 0 saturated heterocycles. The lowest BCUT2D eigenvalue weighted by molar-refractivity contribution is -0.143. The van der Waals surface area contributed by atoms with E-state index in [-0.39, 0.29) is 11.4 Å². The Balaban J connectivity index is 2.08. The molecule has 0 amide bonds. The molecule has 0 radical (unpaired) electrons. The summed E-state index contributed by atoms with van der Waals surface area (Å²) in [6.45, 7) is 1.77. The van der Waals surface area contributed by atoms with Gasteiger partial charge in [0.2, 0.25) is 0 Å². The molecule has 5 nitrogen and oxygen atoms in total. The molecule has 3 rings (SSSR count). The van der Waals surface area contributed by atoms with Crippen molar-refractivity contribution in [3.05, 3.63) is 64.7 Å². The molecule has 1 fully saturated rings. The van der Waals surface area contributed by atoms with E-state index in [1.165, 1.54) is 24.3 Å². The van der Waals surface area contributed by atoms with E-state index in [1.807, 2.05) is 19.1 Å². The zero-order chi connectivity index (χ0) is 19.1. The second kappa shape index (κ2) is 6.68. The number of carboxylic acid groups (broad SMARTS) is 1. The maximum atomic E-state index is 13.1. The van der Waals surface area contributed by atoms with Gasteiger partial charge in [0.05, 0.1) is 10.1 Å². The van der Waals surface area contributed by atoms with Crippen molar-refractivity contribution in [3.8, 4) is 0 Å². The van der Waals surface area contributed by atoms with Crippen LogP contribution in [0.15, 0.2) is 53.4 Å². The topological polar surface area (TPSA) is 97.5 Å². The summed E-state index contributed by atoms with van der Waals surface area (Å²) in [6.07, 6.45) is 0.846. The molecule has 0 heterocycles. The van der Waals surface area contributed by atoms with Crippen molar-refractivity contribution in [2.75, 3.05) is 6.54 Å². The van der Waals surface area contributed by atoms with Crippen molar-refractivity contribution in [2.24, 2.45) is 11.1 Å². The summed E-state index contributed by atoms with van der Waals surface area (Å²) >= 11 is 5.83. The second-order valence-corrected chi connectivity index (χ2v) is 9.05. The Morgan fingerprint density at radius 2 is 1.73 bits per heavy atom. The van der Waals surface area contributed by atoms with Gasteiger partial charge < -0.3 is 10.8 Å². The molecule has 1 aliphatic rings. The van der Waals surface area contributed by atoms with Gasteiger partial charge in [0.25, 0.3) is 0 Å². The van der Waals surface area contributed by atoms with Crippen LogP contribution in [0.2, 0.25) is 5.02 Å². The minimum absolute atomic E-state index is 0.0543. The largest absolute Gasteiger partial charge is 0.481 e. The lowest BCUT2D eigenvalue weighted by Gasteiger charge is -2.10. The van der Waals surface area contributed by atoms with E-state index >= 15 is 0 Å². The number of nitrogens with two attached hydrogens (primary N) is 1. The first-order chi connectivity index (χ1) is 12.3. The maximum Gasteiger partial charge on any atom is 0.312 e. The van der Waals surface area contributed by atoms with Crippen LogP contribution in [-0.2, 0) is 21.1 Å². The minimum atomic E-state index is -3.88. The first-order valence-corrected chi connectivity index (χ1v) is 10.2. The van der Waals surface area contributed by atoms with Crippen molar-refractivity contribution in [1.29, 1.82) is 0 Å². The van der Waals surface area contributed by atoms with Gasteiger partial charge in [0.15, 0.2) is 9.84 Å². The summed E-state index contributed by atoms with van der Waals surface area (Å²) in [7, 11) is -3.88. The van der Waals surface area contributed by atoms with E-state index in [4.69, 9.17) is 17.3 Å². The van der Waals surface area contributed by atoms with E-state index in [9.17, 15) is 18.3 Å². The molecule has 3 N–H and O–H groups in total. The van der Waals surface area contributed by atoms with Gasteiger partial charge in [-0.1, -0.05) is 42.8 Å². The van der Waals surface area contributed by atoms with Gasteiger partial charge in [0, 0.05) is 17.5 Å². The summed E-state index contributed by atoms with van der Waals surface area (Å²) in [4.78, 5) is 12.1. The highest BCUT2D eigenvalue weighted by atomic mass is 35.5. The number of hydrogen-bond acceptors (Lipinski definition) is 4. The molecule has 1 saturated carbocycles. The van der Waals surface area contributed by atoms with Crippen molar-refractivity contribution in [3.63, 3.8) is 0 Å². The highest BCUT2D eigenvalue weighted by molar-refractivity contribution is 7.92. The third-order valence-electron chi connectivity index (χ3n) is 5.22. The molecule has 7 heteroatoms. The molecule has 3 atom stereocenters. The molecule has 2 aromatic rings. The Morgan fingerprint density at radius 1 is 1.15 bits per heavy atom. The van der Waals surface area contributed by atoms with Gasteiger partial charge in [0.1, 0.15) is 5.41 Å². The molecular formula is C19H20ClNO4S. The summed E-state index contributed by atoms with van der Waals surface area (Å²) < 4.78 is 26.3. The van der Waals surface area contributed by atoms with Crippen molar-refractivity contribution >= 4 is 27.4 Å². The zero-order valence-corrected chi connectivity index (χ0v) is 15.8. The average Bonchev–Trinajstić information content (AvgIpc) is 3.34. The van der Waals surface area contributed by atoms with Crippen molar-refractivity contribution in [2.45, 2.75) is 29.4 Å². The lowest BCUT2D eigenvalue weighted by atomic mass is 9.98. The summed E-state index contributed by atoms with van der Waals surface area (Å²) in [5.74, 6) is -1.87. The van der Waals surface area contributed by atoms with Crippen molar-refractivity contribution in [1.82, 2.24) is 0 Å². The smallest absolute Gasteiger partial charge is 0.312 e. The van der Waals surface area contributed by atoms with Crippen LogP contribution in [0.3, 0.4) is 0 Å². The van der Waals surface area contributed by atoms with Gasteiger partial charge in [-0.15, -0.1) is 0 Å². The fourth-order valence-corrected chi connectivity index (χ4v) is 6.16. The number of carboxylic acids is 1. The predicted molar refractivity (Wildman–Crippen MR) is 100 cm³/mol. The number of halogens is 1. The summed E-state index contributed by atoms with van der Waals surface area (Å²) in [5, 5.41) is 9.10. The van der Waals surface area contributed by atoms with E-state index in [0.29, 0.717) is 10.6 Å². The molecule has 138 valence electrons. The Morgan fingerprint density at radius 3 is 2.19 bits per heavy atom. The molecule has 0 unspecified atom stereocenters. The Bertz CT molecular complexity index is 925. The number of sulfone groups is 1. The number of aliphatic carboxylic acids is 1. The maximum absolute atomic E-state index is 13.1. The van der Waals surface area contributed by atoms with Crippen LogP contribution >= 0.6 is 11.6 Å². The number of aryl methyl sites for hydroxylation is 1. The molecule has 0 aromatic heterocycles. The zero-order valence-electron chi connectivity index (χ0n) is 14.2. The first-order valence-electron chi connectivity index (χ1n) is 8.30. The predicted octanol–water partition coefficient (Wildman–Crippen LogP) is 2.87. The average molecular weight is 394 g/mol. The quantitative estimate of drug-likeness (QED) is 0.786. The van der Waals surface area contributed by atoms with Gasteiger partial charge in [-0.25, -0.2) is 8.42 Å². The standard InChI is InChI=1S/C19H20ClNO4S/c1-2-12-3-5-13(6-4-12)16-17(19(16,11-21)18(22)23)26(24,25)15-9-7-14(20)8-10-15/h3-10,16-17H,2,11,21H2,1H3,(H,22,23)/t16-,17-,19-/m1/s1. The van der Waals surface area contributed by atoms with Gasteiger partial charge in [-0.05, 0) is 41.8 Å². The fourth-order valence-electron chi connectivity index (χ4n) is 3.65. The third kappa shape index (κ3) is 2.82. The molecule has 26 heavy (non-hydrogen) atoms. The van der Waals surface area contributed by atoms with Gasteiger partial charge in [-0.3, -0.25) is 4.79 Å². The number of rotatable bonds is 6. The number of benzene rings is 2. The highest BCUT2D eigenvalue weighted by Crippen LogP contribution is 2.63. The van der Waals surface area contributed by atoms with Crippen molar-refractivity contribution < 1.29 is 18.3 Å². The summed E-state index contributed by atoms with van der Waals surface area (Å²) in [6, 6.07) is 13.1. The van der Waals surface area contributed by atoms with Gasteiger partial charge in [-0.2, -0.15) is 0 Å². The van der Waals surface area contributed by atoms with Crippen LogP contribution in [-0.4, -0.2) is 31.3 Å². The highest BCUT2D eigenvalue weighted by Gasteiger charge is 2.75. The van der Waals surface area contributed by atoms with Crippen LogP contribution in [0, 0.1) is 5.41 Å². The third-order valence-corrected chi connectivity index (χ3v) is 7.76. The molecule has 0 aliphatic heterocycles. The van der Waals surface area contributed by atoms with E-state index < -0.39 is 32.4 Å². The molecule has 0 spiro atoms. The van der Waals surface area contributed by atoms with Crippen LogP contribution in [0.5, 0.6) is 0 Å². The van der Waals surface area contributed by atoms with Gasteiger partial charge >= 0.3 is 5.97 Å². The molecule has 1 aliphatic carbocycles. The minimum Gasteiger partial charge on any atom is -0.481 e. The number of hydrogen-bond donors (Lipinski definition) is 2. The van der Waals surface area contributed by atoms with Crippen LogP contribution in [0.25, 0.3) is 0 Å². The van der Waals surface area contributed by atoms with E-state index in [0.717, 1.165) is 12.0 Å². The number of carbonyl (C=O) groups is 1. The normalized spacial score (nSPS) is 25.0. The monoisotopic (exact) mass is 393 g/mol. The second-order valence-electron chi connectivity index (χ2n) is 6.54. The SMILES string of the molecule is CCc1ccc([C@@H]2[C@@H](S(=O)(=O)c3ccc(Cl)cc3)[C@]2(CN)C(=O)O)cc1.